The number of carbonyl (C=O) groups excluding carboxylic acids is 2. The zero-order valence-electron chi connectivity index (χ0n) is 12.4. The van der Waals surface area contributed by atoms with Crippen LogP contribution in [0.25, 0.3) is 21.9 Å². The van der Waals surface area contributed by atoms with E-state index in [0.29, 0.717) is 24.3 Å². The van der Waals surface area contributed by atoms with Crippen molar-refractivity contribution >= 4 is 23.3 Å². The number of rotatable bonds is 3. The molecule has 0 amide bonds. The number of fused-ring (bicyclic) bond motifs is 2. The van der Waals surface area contributed by atoms with Gasteiger partial charge >= 0.3 is 0 Å². The summed E-state index contributed by atoms with van der Waals surface area (Å²) in [6.45, 7) is 1.18. The van der Waals surface area contributed by atoms with Gasteiger partial charge < -0.3 is 4.74 Å². The normalized spacial score (nSPS) is 13.0. The summed E-state index contributed by atoms with van der Waals surface area (Å²) in [5, 5.41) is 2.13. The topological polar surface area (TPSA) is 43.4 Å². The summed E-state index contributed by atoms with van der Waals surface area (Å²) in [4.78, 5) is 22.0. The Morgan fingerprint density at radius 3 is 2.30 bits per heavy atom. The molecule has 0 radical (unpaired) electrons. The van der Waals surface area contributed by atoms with Gasteiger partial charge in [0.1, 0.15) is 12.6 Å². The highest BCUT2D eigenvalue weighted by atomic mass is 16.5. The lowest BCUT2D eigenvalue weighted by Crippen LogP contribution is -1.93. The Kier molecular flexibility index (Phi) is 3.28. The van der Waals surface area contributed by atoms with Gasteiger partial charge in [-0.25, -0.2) is 0 Å². The summed E-state index contributed by atoms with van der Waals surface area (Å²) in [7, 11) is 0. The molecule has 0 spiro atoms. The molecule has 0 atom stereocenters. The lowest BCUT2D eigenvalue weighted by molar-refractivity contribution is 0.111. The Morgan fingerprint density at radius 2 is 1.57 bits per heavy atom. The van der Waals surface area contributed by atoms with Crippen molar-refractivity contribution in [2.45, 2.75) is 13.2 Å². The molecule has 0 aromatic heterocycles. The molecule has 3 nitrogen and oxygen atoms in total. The van der Waals surface area contributed by atoms with Gasteiger partial charge in [-0.3, -0.25) is 9.59 Å². The van der Waals surface area contributed by atoms with Gasteiger partial charge in [0.2, 0.25) is 0 Å². The first-order valence-electron chi connectivity index (χ1n) is 7.47. The molecular formula is C20H14O3. The Balaban J connectivity index is 2.05. The van der Waals surface area contributed by atoms with Crippen LogP contribution in [0.3, 0.4) is 0 Å². The predicted octanol–water partition coefficient (Wildman–Crippen LogP) is 4.16. The molecule has 0 aliphatic carbocycles. The third-order valence-electron chi connectivity index (χ3n) is 4.34. The average Bonchev–Trinajstić information content (AvgIpc) is 3.07. The minimum absolute atomic E-state index is 0.571. The molecule has 112 valence electrons. The van der Waals surface area contributed by atoms with Gasteiger partial charge in [0.25, 0.3) is 0 Å². The number of hydrogen-bond donors (Lipinski definition) is 0. The van der Waals surface area contributed by atoms with Crippen LogP contribution in [0.15, 0.2) is 48.5 Å². The second-order valence-corrected chi connectivity index (χ2v) is 5.72. The number of ether oxygens (including phenoxy) is 1. The molecule has 0 unspecified atom stereocenters. The largest absolute Gasteiger partial charge is 0.372 e. The second-order valence-electron chi connectivity index (χ2n) is 5.72. The van der Waals surface area contributed by atoms with Gasteiger partial charge in [-0.2, -0.15) is 0 Å². The Labute approximate surface area is 133 Å². The molecule has 1 heterocycles. The van der Waals surface area contributed by atoms with Crippen LogP contribution in [0.5, 0.6) is 0 Å². The molecule has 1 aliphatic rings. The summed E-state index contributed by atoms with van der Waals surface area (Å²) in [5.74, 6) is 0. The summed E-state index contributed by atoms with van der Waals surface area (Å²) in [6, 6.07) is 15.4. The summed E-state index contributed by atoms with van der Waals surface area (Å²) in [5.41, 5.74) is 5.78. The lowest BCUT2D eigenvalue weighted by atomic mass is 9.90. The van der Waals surface area contributed by atoms with E-state index in [1.807, 2.05) is 42.5 Å². The average molecular weight is 302 g/mol. The molecule has 3 aromatic carbocycles. The highest BCUT2D eigenvalue weighted by Gasteiger charge is 2.19. The summed E-state index contributed by atoms with van der Waals surface area (Å²) < 4.78 is 5.62. The monoisotopic (exact) mass is 302 g/mol. The molecule has 0 saturated carbocycles. The van der Waals surface area contributed by atoms with Gasteiger partial charge in [0.05, 0.1) is 13.2 Å². The van der Waals surface area contributed by atoms with Gasteiger partial charge in [-0.05, 0) is 45.2 Å². The van der Waals surface area contributed by atoms with Gasteiger partial charge in [-0.15, -0.1) is 0 Å². The Morgan fingerprint density at radius 1 is 0.826 bits per heavy atom. The standard InChI is InChI=1S/C20H14O3/c21-9-13-1-4-15(5-2-13)20-18-7-14(10-22)3-6-16(18)8-17-11-23-12-19(17)20/h1-10H,11-12H2. The molecule has 23 heavy (non-hydrogen) atoms. The number of carbonyl (C=O) groups is 2. The van der Waals surface area contributed by atoms with Crippen LogP contribution < -0.4 is 0 Å². The van der Waals surface area contributed by atoms with Gasteiger partial charge in [0.15, 0.2) is 0 Å². The predicted molar refractivity (Wildman–Crippen MR) is 88.7 cm³/mol. The minimum atomic E-state index is 0.571. The first kappa shape index (κ1) is 13.9. The van der Waals surface area contributed by atoms with E-state index in [4.69, 9.17) is 4.74 Å². The highest BCUT2D eigenvalue weighted by Crippen LogP contribution is 2.38. The first-order chi connectivity index (χ1) is 11.3. The molecular weight excluding hydrogens is 288 g/mol. The maximum Gasteiger partial charge on any atom is 0.150 e. The van der Waals surface area contributed by atoms with Crippen LogP contribution in [0.2, 0.25) is 0 Å². The lowest BCUT2D eigenvalue weighted by Gasteiger charge is -2.13. The number of hydrogen-bond acceptors (Lipinski definition) is 3. The van der Waals surface area contributed by atoms with E-state index in [0.717, 1.165) is 34.5 Å². The third-order valence-corrected chi connectivity index (χ3v) is 4.34. The van der Waals surface area contributed by atoms with E-state index in [1.165, 1.54) is 11.1 Å². The summed E-state index contributed by atoms with van der Waals surface area (Å²) in [6.07, 6.45) is 1.70. The van der Waals surface area contributed by atoms with E-state index in [2.05, 4.69) is 6.07 Å². The van der Waals surface area contributed by atoms with Crippen molar-refractivity contribution in [2.75, 3.05) is 0 Å². The fourth-order valence-corrected chi connectivity index (χ4v) is 3.20. The Hall–Kier alpha value is -2.78. The molecule has 0 fully saturated rings. The van der Waals surface area contributed by atoms with Crippen LogP contribution in [0.4, 0.5) is 0 Å². The number of benzene rings is 3. The zero-order chi connectivity index (χ0) is 15.8. The molecule has 0 saturated heterocycles. The van der Waals surface area contributed by atoms with E-state index < -0.39 is 0 Å². The summed E-state index contributed by atoms with van der Waals surface area (Å²) >= 11 is 0. The molecule has 0 bridgehead atoms. The van der Waals surface area contributed by atoms with E-state index in [9.17, 15) is 9.59 Å². The molecule has 0 N–H and O–H groups in total. The van der Waals surface area contributed by atoms with Crippen molar-refractivity contribution in [1.82, 2.24) is 0 Å². The second kappa shape index (κ2) is 5.45. The van der Waals surface area contributed by atoms with Crippen LogP contribution in [0, 0.1) is 0 Å². The van der Waals surface area contributed by atoms with Crippen molar-refractivity contribution in [3.63, 3.8) is 0 Å². The van der Waals surface area contributed by atoms with Crippen LogP contribution in [-0.4, -0.2) is 12.6 Å². The van der Waals surface area contributed by atoms with Crippen molar-refractivity contribution in [1.29, 1.82) is 0 Å². The number of aldehydes is 2. The smallest absolute Gasteiger partial charge is 0.150 e. The molecule has 4 rings (SSSR count). The molecule has 3 heteroatoms. The van der Waals surface area contributed by atoms with Crippen molar-refractivity contribution in [2.24, 2.45) is 0 Å². The van der Waals surface area contributed by atoms with Gasteiger partial charge in [-0.1, -0.05) is 36.4 Å². The highest BCUT2D eigenvalue weighted by molar-refractivity contribution is 6.01. The molecule has 3 aromatic rings. The maximum atomic E-state index is 11.2. The van der Waals surface area contributed by atoms with E-state index >= 15 is 0 Å². The maximum absolute atomic E-state index is 11.2. The van der Waals surface area contributed by atoms with Crippen LogP contribution >= 0.6 is 0 Å². The molecule has 1 aliphatic heterocycles. The van der Waals surface area contributed by atoms with Crippen LogP contribution in [0.1, 0.15) is 31.8 Å². The quantitative estimate of drug-likeness (QED) is 0.682. The first-order valence-corrected chi connectivity index (χ1v) is 7.47. The fourth-order valence-electron chi connectivity index (χ4n) is 3.20. The minimum Gasteiger partial charge on any atom is -0.372 e. The SMILES string of the molecule is O=Cc1ccc(-c2c3c(cc4ccc(C=O)cc24)COC3)cc1. The Bertz CT molecular complexity index is 924. The van der Waals surface area contributed by atoms with Crippen LogP contribution in [-0.2, 0) is 18.0 Å². The van der Waals surface area contributed by atoms with Crippen molar-refractivity contribution in [3.05, 3.63) is 70.8 Å². The van der Waals surface area contributed by atoms with E-state index in [-0.39, 0.29) is 0 Å². The van der Waals surface area contributed by atoms with Crippen molar-refractivity contribution < 1.29 is 14.3 Å². The van der Waals surface area contributed by atoms with Crippen molar-refractivity contribution in [3.8, 4) is 11.1 Å². The fraction of sp³-hybridized carbons (Fsp3) is 0.100. The third kappa shape index (κ3) is 2.26. The van der Waals surface area contributed by atoms with E-state index in [1.54, 1.807) is 0 Å². The van der Waals surface area contributed by atoms with Gasteiger partial charge in [0, 0.05) is 11.1 Å². The zero-order valence-corrected chi connectivity index (χ0v) is 12.4.